The molecule has 0 heterocycles. The molecule has 0 spiro atoms. The fraction of sp³-hybridized carbons (Fsp3) is 0.417. The SMILES string of the molecule is CC(C)[C@@H](Nc1ccc(CN)cc1)C(=O)O. The van der Waals surface area contributed by atoms with Gasteiger partial charge in [-0.25, -0.2) is 4.79 Å². The lowest BCUT2D eigenvalue weighted by molar-refractivity contribution is -0.138. The van der Waals surface area contributed by atoms with Gasteiger partial charge in [-0.1, -0.05) is 26.0 Å². The van der Waals surface area contributed by atoms with Crippen molar-refractivity contribution >= 4 is 11.7 Å². The normalized spacial score (nSPS) is 12.5. The van der Waals surface area contributed by atoms with Crippen molar-refractivity contribution < 1.29 is 9.90 Å². The number of rotatable bonds is 5. The summed E-state index contributed by atoms with van der Waals surface area (Å²) in [6, 6.07) is 6.91. The highest BCUT2D eigenvalue weighted by atomic mass is 16.4. The smallest absolute Gasteiger partial charge is 0.326 e. The number of anilines is 1. The molecule has 1 atom stereocenters. The van der Waals surface area contributed by atoms with Gasteiger partial charge >= 0.3 is 5.97 Å². The van der Waals surface area contributed by atoms with E-state index in [2.05, 4.69) is 5.32 Å². The van der Waals surface area contributed by atoms with Crippen LogP contribution >= 0.6 is 0 Å². The predicted octanol–water partition coefficient (Wildman–Crippen LogP) is 1.67. The van der Waals surface area contributed by atoms with Crippen LogP contribution in [0.3, 0.4) is 0 Å². The summed E-state index contributed by atoms with van der Waals surface area (Å²) < 4.78 is 0. The molecule has 0 aliphatic rings. The number of carboxylic acids is 1. The maximum Gasteiger partial charge on any atom is 0.326 e. The molecule has 4 N–H and O–H groups in total. The molecule has 0 amide bonds. The third kappa shape index (κ3) is 3.24. The minimum Gasteiger partial charge on any atom is -0.480 e. The Morgan fingerprint density at radius 1 is 1.38 bits per heavy atom. The van der Waals surface area contributed by atoms with Crippen LogP contribution in [-0.2, 0) is 11.3 Å². The molecule has 16 heavy (non-hydrogen) atoms. The Morgan fingerprint density at radius 2 is 1.94 bits per heavy atom. The molecule has 0 saturated carbocycles. The Balaban J connectivity index is 2.74. The molecule has 0 aliphatic carbocycles. The molecular formula is C12H18N2O2. The van der Waals surface area contributed by atoms with Crippen LogP contribution in [0.25, 0.3) is 0 Å². The maximum atomic E-state index is 11.0. The fourth-order valence-electron chi connectivity index (χ4n) is 1.43. The third-order valence-electron chi connectivity index (χ3n) is 2.44. The number of carboxylic acid groups (broad SMARTS) is 1. The largest absolute Gasteiger partial charge is 0.480 e. The van der Waals surface area contributed by atoms with E-state index in [1.54, 1.807) is 0 Å². The first kappa shape index (κ1) is 12.5. The van der Waals surface area contributed by atoms with E-state index in [0.29, 0.717) is 6.54 Å². The zero-order valence-corrected chi connectivity index (χ0v) is 9.60. The third-order valence-corrected chi connectivity index (χ3v) is 2.44. The average Bonchev–Trinajstić information content (AvgIpc) is 2.25. The van der Waals surface area contributed by atoms with Gasteiger partial charge in [0, 0.05) is 12.2 Å². The van der Waals surface area contributed by atoms with E-state index in [4.69, 9.17) is 10.8 Å². The lowest BCUT2D eigenvalue weighted by atomic mass is 10.0. The van der Waals surface area contributed by atoms with Gasteiger partial charge in [0.15, 0.2) is 0 Å². The number of nitrogens with one attached hydrogen (secondary N) is 1. The van der Waals surface area contributed by atoms with E-state index in [1.165, 1.54) is 0 Å². The first-order chi connectivity index (χ1) is 7.54. The molecular weight excluding hydrogens is 204 g/mol. The van der Waals surface area contributed by atoms with Crippen LogP contribution in [0.5, 0.6) is 0 Å². The highest BCUT2D eigenvalue weighted by Crippen LogP contribution is 2.14. The number of nitrogens with two attached hydrogens (primary N) is 1. The first-order valence-corrected chi connectivity index (χ1v) is 5.33. The molecule has 0 unspecified atom stereocenters. The number of hydrogen-bond donors (Lipinski definition) is 3. The summed E-state index contributed by atoms with van der Waals surface area (Å²) in [6.07, 6.45) is 0. The fourth-order valence-corrected chi connectivity index (χ4v) is 1.43. The Labute approximate surface area is 95.5 Å². The van der Waals surface area contributed by atoms with Gasteiger partial charge in [-0.2, -0.15) is 0 Å². The van der Waals surface area contributed by atoms with Crippen LogP contribution in [0.1, 0.15) is 19.4 Å². The second-order valence-electron chi connectivity index (χ2n) is 4.11. The summed E-state index contributed by atoms with van der Waals surface area (Å²) in [6.45, 7) is 4.24. The van der Waals surface area contributed by atoms with Gasteiger partial charge in [0.25, 0.3) is 0 Å². The summed E-state index contributed by atoms with van der Waals surface area (Å²) in [5.41, 5.74) is 7.32. The zero-order valence-electron chi connectivity index (χ0n) is 9.60. The summed E-state index contributed by atoms with van der Waals surface area (Å²) in [5, 5.41) is 12.0. The highest BCUT2D eigenvalue weighted by Gasteiger charge is 2.20. The van der Waals surface area contributed by atoms with Crippen molar-refractivity contribution in [3.63, 3.8) is 0 Å². The van der Waals surface area contributed by atoms with Gasteiger partial charge < -0.3 is 16.2 Å². The molecule has 4 heteroatoms. The Bertz CT molecular complexity index is 347. The van der Waals surface area contributed by atoms with Crippen molar-refractivity contribution in [1.82, 2.24) is 0 Å². The number of benzene rings is 1. The predicted molar refractivity (Wildman–Crippen MR) is 64.2 cm³/mol. The van der Waals surface area contributed by atoms with E-state index in [1.807, 2.05) is 38.1 Å². The average molecular weight is 222 g/mol. The van der Waals surface area contributed by atoms with Gasteiger partial charge in [0.2, 0.25) is 0 Å². The molecule has 0 bridgehead atoms. The van der Waals surface area contributed by atoms with Crippen molar-refractivity contribution in [2.75, 3.05) is 5.32 Å². The molecule has 0 aromatic heterocycles. The molecule has 4 nitrogen and oxygen atoms in total. The van der Waals surface area contributed by atoms with E-state index in [-0.39, 0.29) is 5.92 Å². The monoisotopic (exact) mass is 222 g/mol. The second-order valence-corrected chi connectivity index (χ2v) is 4.11. The van der Waals surface area contributed by atoms with Crippen LogP contribution in [-0.4, -0.2) is 17.1 Å². The topological polar surface area (TPSA) is 75.3 Å². The van der Waals surface area contributed by atoms with Crippen molar-refractivity contribution in [1.29, 1.82) is 0 Å². The van der Waals surface area contributed by atoms with Crippen LogP contribution in [0.4, 0.5) is 5.69 Å². The minimum absolute atomic E-state index is 0.0340. The summed E-state index contributed by atoms with van der Waals surface area (Å²) in [7, 11) is 0. The van der Waals surface area contributed by atoms with Gasteiger partial charge in [-0.3, -0.25) is 0 Å². The van der Waals surface area contributed by atoms with Gasteiger partial charge in [0.1, 0.15) is 6.04 Å². The molecule has 1 aromatic carbocycles. The van der Waals surface area contributed by atoms with E-state index >= 15 is 0 Å². The van der Waals surface area contributed by atoms with E-state index < -0.39 is 12.0 Å². The zero-order chi connectivity index (χ0) is 12.1. The Kier molecular flexibility index (Phi) is 4.31. The Morgan fingerprint density at radius 3 is 2.31 bits per heavy atom. The van der Waals surface area contributed by atoms with Crippen LogP contribution in [0.15, 0.2) is 24.3 Å². The first-order valence-electron chi connectivity index (χ1n) is 5.33. The molecule has 88 valence electrons. The number of aliphatic carboxylic acids is 1. The van der Waals surface area contributed by atoms with E-state index in [9.17, 15) is 4.79 Å². The maximum absolute atomic E-state index is 11.0. The van der Waals surface area contributed by atoms with Crippen LogP contribution < -0.4 is 11.1 Å². The van der Waals surface area contributed by atoms with Crippen LogP contribution in [0.2, 0.25) is 0 Å². The van der Waals surface area contributed by atoms with E-state index in [0.717, 1.165) is 11.3 Å². The van der Waals surface area contributed by atoms with Gasteiger partial charge in [-0.05, 0) is 23.6 Å². The minimum atomic E-state index is -0.835. The molecule has 0 saturated heterocycles. The molecule has 1 rings (SSSR count). The number of hydrogen-bond acceptors (Lipinski definition) is 3. The summed E-state index contributed by atoms with van der Waals surface area (Å²) in [5.74, 6) is -0.801. The molecule has 0 radical (unpaired) electrons. The highest BCUT2D eigenvalue weighted by molar-refractivity contribution is 5.77. The summed E-state index contributed by atoms with van der Waals surface area (Å²) in [4.78, 5) is 11.0. The molecule has 0 aliphatic heterocycles. The van der Waals surface area contributed by atoms with Gasteiger partial charge in [-0.15, -0.1) is 0 Å². The summed E-state index contributed by atoms with van der Waals surface area (Å²) >= 11 is 0. The molecule has 1 aromatic rings. The van der Waals surface area contributed by atoms with Gasteiger partial charge in [0.05, 0.1) is 0 Å². The van der Waals surface area contributed by atoms with Crippen LogP contribution in [0, 0.1) is 5.92 Å². The standard InChI is InChI=1S/C12H18N2O2/c1-8(2)11(12(15)16)14-10-5-3-9(7-13)4-6-10/h3-6,8,11,14H,7,13H2,1-2H3,(H,15,16)/t11-/m1/s1. The Hall–Kier alpha value is -1.55. The number of carbonyl (C=O) groups is 1. The lowest BCUT2D eigenvalue weighted by Gasteiger charge is -2.19. The van der Waals surface area contributed by atoms with Crippen molar-refractivity contribution in [3.05, 3.63) is 29.8 Å². The second kappa shape index (κ2) is 5.51. The quantitative estimate of drug-likeness (QED) is 0.708. The van der Waals surface area contributed by atoms with Crippen molar-refractivity contribution in [3.8, 4) is 0 Å². The lowest BCUT2D eigenvalue weighted by Crippen LogP contribution is -2.34. The molecule has 0 fully saturated rings. The van der Waals surface area contributed by atoms with Crippen molar-refractivity contribution in [2.45, 2.75) is 26.4 Å². The van der Waals surface area contributed by atoms with Crippen molar-refractivity contribution in [2.24, 2.45) is 11.7 Å².